The first-order valence-electron chi connectivity index (χ1n) is 4.67. The summed E-state index contributed by atoms with van der Waals surface area (Å²) in [6.45, 7) is 0.285. The van der Waals surface area contributed by atoms with Crippen molar-refractivity contribution in [3.8, 4) is 5.75 Å². The van der Waals surface area contributed by atoms with Gasteiger partial charge in [-0.05, 0) is 12.1 Å². The smallest absolute Gasteiger partial charge is 0.165 e. The quantitative estimate of drug-likeness (QED) is 0.852. The molecule has 0 saturated carbocycles. The molecule has 1 aromatic carbocycles. The van der Waals surface area contributed by atoms with Gasteiger partial charge in [0.1, 0.15) is 9.84 Å². The number of hydrogen-bond donors (Lipinski definition) is 1. The van der Waals surface area contributed by atoms with Crippen LogP contribution in [0, 0.1) is 5.82 Å². The van der Waals surface area contributed by atoms with E-state index in [2.05, 4.69) is 5.32 Å². The van der Waals surface area contributed by atoms with Gasteiger partial charge in [0, 0.05) is 24.6 Å². The first-order valence-corrected chi connectivity index (χ1v) is 6.73. The van der Waals surface area contributed by atoms with Crippen LogP contribution >= 0.6 is 0 Å². The molecule has 1 N–H and O–H groups in total. The van der Waals surface area contributed by atoms with E-state index < -0.39 is 15.7 Å². The Morgan fingerprint density at radius 3 is 2.69 bits per heavy atom. The molecule has 90 valence electrons. The molecule has 1 aromatic rings. The molecule has 0 aromatic heterocycles. The summed E-state index contributed by atoms with van der Waals surface area (Å²) in [5.74, 6) is -0.285. The zero-order valence-electron chi connectivity index (χ0n) is 9.16. The molecule has 0 aliphatic carbocycles. The molecule has 0 amide bonds. The Hall–Kier alpha value is -1.30. The molecule has 0 aliphatic rings. The van der Waals surface area contributed by atoms with Crippen molar-refractivity contribution in [1.29, 1.82) is 0 Å². The van der Waals surface area contributed by atoms with E-state index in [9.17, 15) is 12.8 Å². The van der Waals surface area contributed by atoms with Crippen LogP contribution in [-0.4, -0.2) is 34.1 Å². The maximum atomic E-state index is 13.0. The van der Waals surface area contributed by atoms with Crippen molar-refractivity contribution < 1.29 is 17.5 Å². The highest BCUT2D eigenvalue weighted by molar-refractivity contribution is 7.90. The average Bonchev–Trinajstić information content (AvgIpc) is 2.18. The Labute approximate surface area is 94.3 Å². The van der Waals surface area contributed by atoms with Gasteiger partial charge in [-0.25, -0.2) is 12.8 Å². The van der Waals surface area contributed by atoms with E-state index in [0.717, 1.165) is 0 Å². The van der Waals surface area contributed by atoms with E-state index in [1.54, 1.807) is 0 Å². The molecular weight excluding hydrogens is 233 g/mol. The highest BCUT2D eigenvalue weighted by Crippen LogP contribution is 2.21. The highest BCUT2D eigenvalue weighted by atomic mass is 32.2. The molecule has 6 heteroatoms. The number of halogens is 1. The fraction of sp³-hybridized carbons (Fsp3) is 0.400. The number of nitrogens with one attached hydrogen (secondary N) is 1. The van der Waals surface area contributed by atoms with Gasteiger partial charge >= 0.3 is 0 Å². The molecule has 0 aliphatic heterocycles. The Kier molecular flexibility index (Phi) is 4.12. The molecule has 0 heterocycles. The van der Waals surface area contributed by atoms with Gasteiger partial charge in [-0.15, -0.1) is 0 Å². The van der Waals surface area contributed by atoms with E-state index in [1.807, 2.05) is 0 Å². The molecule has 0 atom stereocenters. The minimum absolute atomic E-state index is 0.0344. The summed E-state index contributed by atoms with van der Waals surface area (Å²) in [5, 5.41) is 2.88. The van der Waals surface area contributed by atoms with Crippen molar-refractivity contribution in [2.45, 2.75) is 0 Å². The van der Waals surface area contributed by atoms with Crippen LogP contribution in [0.3, 0.4) is 0 Å². The fourth-order valence-corrected chi connectivity index (χ4v) is 1.62. The standard InChI is InChI=1S/C10H14FNO3S/c1-15-10-7-8(3-4-9(10)11)12-5-6-16(2,13)14/h3-4,7,12H,5-6H2,1-2H3. The maximum absolute atomic E-state index is 13.0. The van der Waals surface area contributed by atoms with E-state index in [4.69, 9.17) is 4.74 Å². The van der Waals surface area contributed by atoms with Crippen molar-refractivity contribution in [3.63, 3.8) is 0 Å². The van der Waals surface area contributed by atoms with Crippen LogP contribution in [0.15, 0.2) is 18.2 Å². The Morgan fingerprint density at radius 1 is 1.44 bits per heavy atom. The topological polar surface area (TPSA) is 55.4 Å². The minimum Gasteiger partial charge on any atom is -0.494 e. The largest absolute Gasteiger partial charge is 0.494 e. The second-order valence-electron chi connectivity index (χ2n) is 3.41. The second-order valence-corrected chi connectivity index (χ2v) is 5.67. The highest BCUT2D eigenvalue weighted by Gasteiger charge is 2.04. The Morgan fingerprint density at radius 2 is 2.12 bits per heavy atom. The lowest BCUT2D eigenvalue weighted by atomic mass is 10.3. The summed E-state index contributed by atoms with van der Waals surface area (Å²) in [6, 6.07) is 4.28. The first kappa shape index (κ1) is 12.8. The summed E-state index contributed by atoms with van der Waals surface area (Å²) in [6.07, 6.45) is 1.17. The molecule has 0 radical (unpaired) electrons. The maximum Gasteiger partial charge on any atom is 0.165 e. The Bertz CT molecular complexity index is 459. The SMILES string of the molecule is COc1cc(NCCS(C)(=O)=O)ccc1F. The summed E-state index contributed by atoms with van der Waals surface area (Å²) in [5.41, 5.74) is 0.627. The Balaban J connectivity index is 2.61. The number of ether oxygens (including phenoxy) is 1. The van der Waals surface area contributed by atoms with E-state index in [0.29, 0.717) is 5.69 Å². The fourth-order valence-electron chi connectivity index (χ4n) is 1.15. The van der Waals surface area contributed by atoms with Crippen LogP contribution in [0.1, 0.15) is 0 Å². The molecule has 0 spiro atoms. The van der Waals surface area contributed by atoms with Crippen molar-refractivity contribution in [3.05, 3.63) is 24.0 Å². The van der Waals surface area contributed by atoms with Crippen LogP contribution in [0.5, 0.6) is 5.75 Å². The summed E-state index contributed by atoms with van der Waals surface area (Å²) in [4.78, 5) is 0. The molecule has 16 heavy (non-hydrogen) atoms. The predicted molar refractivity (Wildman–Crippen MR) is 61.2 cm³/mol. The third kappa shape index (κ3) is 4.06. The van der Waals surface area contributed by atoms with Crippen LogP contribution < -0.4 is 10.1 Å². The van der Waals surface area contributed by atoms with Gasteiger partial charge in [0.15, 0.2) is 11.6 Å². The third-order valence-corrected chi connectivity index (χ3v) is 2.90. The van der Waals surface area contributed by atoms with Gasteiger partial charge in [-0.2, -0.15) is 0 Å². The molecule has 0 unspecified atom stereocenters. The van der Waals surface area contributed by atoms with Gasteiger partial charge in [-0.1, -0.05) is 0 Å². The lowest BCUT2D eigenvalue weighted by Crippen LogP contribution is -2.14. The van der Waals surface area contributed by atoms with E-state index in [1.165, 1.54) is 31.6 Å². The number of benzene rings is 1. The molecule has 0 fully saturated rings. The normalized spacial score (nSPS) is 11.2. The van der Waals surface area contributed by atoms with E-state index in [-0.39, 0.29) is 18.0 Å². The molecule has 0 saturated heterocycles. The second kappa shape index (κ2) is 5.16. The average molecular weight is 247 g/mol. The van der Waals surface area contributed by atoms with Crippen molar-refractivity contribution in [1.82, 2.24) is 0 Å². The molecular formula is C10H14FNO3S. The van der Waals surface area contributed by atoms with Gasteiger partial charge in [0.25, 0.3) is 0 Å². The third-order valence-electron chi connectivity index (χ3n) is 1.95. The number of anilines is 1. The first-order chi connectivity index (χ1) is 7.42. The van der Waals surface area contributed by atoms with Crippen molar-refractivity contribution >= 4 is 15.5 Å². The number of hydrogen-bond acceptors (Lipinski definition) is 4. The van der Waals surface area contributed by atoms with Gasteiger partial charge in [-0.3, -0.25) is 0 Å². The zero-order chi connectivity index (χ0) is 12.2. The lowest BCUT2D eigenvalue weighted by Gasteiger charge is -2.08. The van der Waals surface area contributed by atoms with Crippen LogP contribution in [0.4, 0.5) is 10.1 Å². The van der Waals surface area contributed by atoms with Gasteiger partial charge in [0.2, 0.25) is 0 Å². The van der Waals surface area contributed by atoms with Gasteiger partial charge < -0.3 is 10.1 Å². The number of sulfone groups is 1. The number of methoxy groups -OCH3 is 1. The molecule has 0 bridgehead atoms. The number of rotatable bonds is 5. The van der Waals surface area contributed by atoms with Crippen LogP contribution in [-0.2, 0) is 9.84 Å². The van der Waals surface area contributed by atoms with Crippen molar-refractivity contribution in [2.24, 2.45) is 0 Å². The van der Waals surface area contributed by atoms with Crippen LogP contribution in [0.2, 0.25) is 0 Å². The monoisotopic (exact) mass is 247 g/mol. The summed E-state index contributed by atoms with van der Waals surface area (Å²) in [7, 11) is -1.61. The predicted octanol–water partition coefficient (Wildman–Crippen LogP) is 1.29. The zero-order valence-corrected chi connectivity index (χ0v) is 9.97. The van der Waals surface area contributed by atoms with Gasteiger partial charge in [0.05, 0.1) is 12.9 Å². The van der Waals surface area contributed by atoms with Crippen molar-refractivity contribution in [2.75, 3.05) is 31.0 Å². The van der Waals surface area contributed by atoms with E-state index >= 15 is 0 Å². The summed E-state index contributed by atoms with van der Waals surface area (Å²) >= 11 is 0. The molecule has 1 rings (SSSR count). The van der Waals surface area contributed by atoms with Crippen LogP contribution in [0.25, 0.3) is 0 Å². The summed E-state index contributed by atoms with van der Waals surface area (Å²) < 4.78 is 39.6. The minimum atomic E-state index is -2.99. The molecule has 4 nitrogen and oxygen atoms in total. The lowest BCUT2D eigenvalue weighted by molar-refractivity contribution is 0.387.